The highest BCUT2D eigenvalue weighted by Gasteiger charge is 2.14. The third-order valence-corrected chi connectivity index (χ3v) is 2.47. The lowest BCUT2D eigenvalue weighted by molar-refractivity contribution is 0.395. The number of nitrogens with two attached hydrogens (primary N) is 1. The van der Waals surface area contributed by atoms with Gasteiger partial charge in [-0.15, -0.1) is 0 Å². The first-order chi connectivity index (χ1) is 8.78. The van der Waals surface area contributed by atoms with E-state index in [4.69, 9.17) is 19.7 Å². The van der Waals surface area contributed by atoms with Crippen LogP contribution in [-0.4, -0.2) is 30.9 Å². The second-order valence-electron chi connectivity index (χ2n) is 3.62. The molecule has 0 amide bonds. The maximum Gasteiger partial charge on any atom is 0.261 e. The van der Waals surface area contributed by atoms with E-state index in [1.807, 2.05) is 0 Å². The van der Waals surface area contributed by atoms with Crippen LogP contribution >= 0.6 is 0 Å². The molecule has 1 heterocycles. The largest absolute Gasteiger partial charge is 0.497 e. The predicted molar refractivity (Wildman–Crippen MR) is 65.6 cm³/mol. The Morgan fingerprint density at radius 1 is 1.28 bits per heavy atom. The molecule has 1 aromatic heterocycles. The van der Waals surface area contributed by atoms with Crippen molar-refractivity contribution in [3.63, 3.8) is 0 Å². The Hall–Kier alpha value is -2.08. The minimum Gasteiger partial charge on any atom is -0.497 e. The van der Waals surface area contributed by atoms with Crippen molar-refractivity contribution in [1.82, 2.24) is 10.1 Å². The van der Waals surface area contributed by atoms with Crippen molar-refractivity contribution in [2.24, 2.45) is 5.73 Å². The van der Waals surface area contributed by atoms with Crippen LogP contribution < -0.4 is 15.2 Å². The molecule has 0 aliphatic heterocycles. The van der Waals surface area contributed by atoms with E-state index in [2.05, 4.69) is 10.1 Å². The van der Waals surface area contributed by atoms with Crippen molar-refractivity contribution in [3.8, 4) is 23.0 Å². The summed E-state index contributed by atoms with van der Waals surface area (Å²) in [5.41, 5.74) is 6.15. The van der Waals surface area contributed by atoms with Crippen LogP contribution in [0.5, 0.6) is 11.5 Å². The quantitative estimate of drug-likeness (QED) is 0.858. The van der Waals surface area contributed by atoms with Crippen LogP contribution in [0, 0.1) is 0 Å². The molecule has 1 aromatic carbocycles. The van der Waals surface area contributed by atoms with Gasteiger partial charge in [-0.05, 0) is 24.7 Å². The summed E-state index contributed by atoms with van der Waals surface area (Å²) < 4.78 is 15.6. The van der Waals surface area contributed by atoms with Crippen molar-refractivity contribution >= 4 is 0 Å². The number of aromatic nitrogens is 2. The van der Waals surface area contributed by atoms with Crippen molar-refractivity contribution in [2.45, 2.75) is 6.42 Å². The van der Waals surface area contributed by atoms with Crippen LogP contribution in [0.1, 0.15) is 5.82 Å². The van der Waals surface area contributed by atoms with Crippen LogP contribution in [0.4, 0.5) is 0 Å². The van der Waals surface area contributed by atoms with Gasteiger partial charge in [0, 0.05) is 6.42 Å². The molecule has 96 valence electrons. The number of ether oxygens (including phenoxy) is 2. The highest BCUT2D eigenvalue weighted by molar-refractivity contribution is 5.64. The number of benzene rings is 1. The van der Waals surface area contributed by atoms with Gasteiger partial charge in [0.1, 0.15) is 11.5 Å². The summed E-state index contributed by atoms with van der Waals surface area (Å²) in [6.45, 7) is 0.480. The molecule has 6 heteroatoms. The second-order valence-corrected chi connectivity index (χ2v) is 3.62. The molecule has 0 atom stereocenters. The lowest BCUT2D eigenvalue weighted by Gasteiger charge is -2.06. The Bertz CT molecular complexity index is 525. The first-order valence-corrected chi connectivity index (χ1v) is 5.53. The lowest BCUT2D eigenvalue weighted by atomic mass is 10.2. The van der Waals surface area contributed by atoms with Gasteiger partial charge in [-0.25, -0.2) is 0 Å². The molecular formula is C12H15N3O3. The molecule has 0 unspecified atom stereocenters. The standard InChI is InChI=1S/C12H15N3O3/c1-16-8-3-4-10(17-2)9(7-8)12-14-11(5-6-13)15-18-12/h3-4,7H,5-6,13H2,1-2H3. The summed E-state index contributed by atoms with van der Waals surface area (Å²) in [5.74, 6) is 2.33. The highest BCUT2D eigenvalue weighted by Crippen LogP contribution is 2.32. The number of hydrogen-bond donors (Lipinski definition) is 1. The number of methoxy groups -OCH3 is 2. The summed E-state index contributed by atoms with van der Waals surface area (Å²) in [7, 11) is 3.18. The van der Waals surface area contributed by atoms with E-state index in [9.17, 15) is 0 Å². The van der Waals surface area contributed by atoms with Gasteiger partial charge < -0.3 is 19.7 Å². The van der Waals surface area contributed by atoms with Crippen molar-refractivity contribution < 1.29 is 14.0 Å². The van der Waals surface area contributed by atoms with E-state index in [0.717, 1.165) is 0 Å². The maximum absolute atomic E-state index is 5.44. The molecule has 0 saturated carbocycles. The summed E-state index contributed by atoms with van der Waals surface area (Å²) in [6.07, 6.45) is 0.579. The molecule has 0 fully saturated rings. The second kappa shape index (κ2) is 5.50. The molecule has 0 aliphatic carbocycles. The minimum absolute atomic E-state index is 0.397. The Morgan fingerprint density at radius 2 is 2.11 bits per heavy atom. The Labute approximate surface area is 105 Å². The molecule has 2 rings (SSSR count). The first kappa shape index (κ1) is 12.4. The SMILES string of the molecule is COc1ccc(OC)c(-c2nc(CCN)no2)c1. The van der Waals surface area contributed by atoms with Crippen LogP contribution in [0.3, 0.4) is 0 Å². The normalized spacial score (nSPS) is 10.4. The maximum atomic E-state index is 5.44. The van der Waals surface area contributed by atoms with E-state index >= 15 is 0 Å². The topological polar surface area (TPSA) is 83.4 Å². The van der Waals surface area contributed by atoms with Gasteiger partial charge in [0.15, 0.2) is 5.82 Å². The smallest absolute Gasteiger partial charge is 0.261 e. The van der Waals surface area contributed by atoms with E-state index < -0.39 is 0 Å². The van der Waals surface area contributed by atoms with Crippen molar-refractivity contribution in [1.29, 1.82) is 0 Å². The molecule has 0 bridgehead atoms. The fourth-order valence-electron chi connectivity index (χ4n) is 1.58. The van der Waals surface area contributed by atoms with Gasteiger partial charge in [-0.1, -0.05) is 5.16 Å². The summed E-state index contributed by atoms with van der Waals surface area (Å²) in [4.78, 5) is 4.26. The number of nitrogens with zero attached hydrogens (tertiary/aromatic N) is 2. The van der Waals surface area contributed by atoms with Crippen molar-refractivity contribution in [3.05, 3.63) is 24.0 Å². The lowest BCUT2D eigenvalue weighted by Crippen LogP contribution is -2.03. The van der Waals surface area contributed by atoms with Gasteiger partial charge in [-0.2, -0.15) is 4.98 Å². The van der Waals surface area contributed by atoms with E-state index in [1.54, 1.807) is 32.4 Å². The molecule has 0 radical (unpaired) electrons. The fourth-order valence-corrected chi connectivity index (χ4v) is 1.58. The van der Waals surface area contributed by atoms with Gasteiger partial charge in [0.2, 0.25) is 0 Å². The average molecular weight is 249 g/mol. The van der Waals surface area contributed by atoms with E-state index in [0.29, 0.717) is 41.7 Å². The number of hydrogen-bond acceptors (Lipinski definition) is 6. The van der Waals surface area contributed by atoms with Gasteiger partial charge in [0.25, 0.3) is 5.89 Å². The summed E-state index contributed by atoms with van der Waals surface area (Å²) in [6, 6.07) is 5.39. The molecule has 6 nitrogen and oxygen atoms in total. The third kappa shape index (κ3) is 2.43. The molecule has 0 spiro atoms. The Kier molecular flexibility index (Phi) is 3.78. The predicted octanol–water partition coefficient (Wildman–Crippen LogP) is 1.26. The van der Waals surface area contributed by atoms with Gasteiger partial charge >= 0.3 is 0 Å². The zero-order valence-corrected chi connectivity index (χ0v) is 10.3. The molecular weight excluding hydrogens is 234 g/mol. The molecule has 18 heavy (non-hydrogen) atoms. The van der Waals surface area contributed by atoms with Gasteiger partial charge in [-0.3, -0.25) is 0 Å². The monoisotopic (exact) mass is 249 g/mol. The fraction of sp³-hybridized carbons (Fsp3) is 0.333. The van der Waals surface area contributed by atoms with E-state index in [-0.39, 0.29) is 0 Å². The summed E-state index contributed by atoms with van der Waals surface area (Å²) >= 11 is 0. The Morgan fingerprint density at radius 3 is 2.78 bits per heavy atom. The first-order valence-electron chi connectivity index (χ1n) is 5.53. The minimum atomic E-state index is 0.397. The molecule has 2 N–H and O–H groups in total. The molecule has 0 aliphatic rings. The van der Waals surface area contributed by atoms with Crippen molar-refractivity contribution in [2.75, 3.05) is 20.8 Å². The Balaban J connectivity index is 2.40. The zero-order valence-electron chi connectivity index (χ0n) is 10.3. The van der Waals surface area contributed by atoms with Crippen LogP contribution in [-0.2, 0) is 6.42 Å². The van der Waals surface area contributed by atoms with Gasteiger partial charge in [0.05, 0.1) is 19.8 Å². The van der Waals surface area contributed by atoms with Crippen LogP contribution in [0.2, 0.25) is 0 Å². The van der Waals surface area contributed by atoms with E-state index in [1.165, 1.54) is 0 Å². The molecule has 2 aromatic rings. The average Bonchev–Trinajstić information content (AvgIpc) is 2.87. The van der Waals surface area contributed by atoms with Crippen LogP contribution in [0.15, 0.2) is 22.7 Å². The third-order valence-electron chi connectivity index (χ3n) is 2.47. The highest BCUT2D eigenvalue weighted by atomic mass is 16.5. The summed E-state index contributed by atoms with van der Waals surface area (Å²) in [5, 5.41) is 3.85. The van der Waals surface area contributed by atoms with Crippen LogP contribution in [0.25, 0.3) is 11.5 Å². The molecule has 0 saturated heterocycles. The zero-order chi connectivity index (χ0) is 13.0. The number of rotatable bonds is 5.